The van der Waals surface area contributed by atoms with Crippen molar-refractivity contribution in [1.29, 1.82) is 0 Å². The largest absolute Gasteiger partial charge is 0.493 e. The Hall–Kier alpha value is -1.78. The van der Waals surface area contributed by atoms with Gasteiger partial charge in [-0.05, 0) is 57.4 Å². The molecule has 0 spiro atoms. The number of aromatic hydroxyl groups is 1. The Labute approximate surface area is 131 Å². The first kappa shape index (κ1) is 15.1. The molecule has 1 atom stereocenters. The van der Waals surface area contributed by atoms with Crippen molar-refractivity contribution in [2.45, 2.75) is 52.2 Å². The SMILES string of the molecule is CC(C)(C)OC(=O)N1Cc2nc(O)ccc2CC(C2CC2)C1. The van der Waals surface area contributed by atoms with Crippen LogP contribution in [-0.2, 0) is 17.7 Å². The number of hydrogen-bond acceptors (Lipinski definition) is 4. The Kier molecular flexibility index (Phi) is 3.75. The third-order valence-corrected chi connectivity index (χ3v) is 4.27. The van der Waals surface area contributed by atoms with Gasteiger partial charge in [-0.25, -0.2) is 9.78 Å². The van der Waals surface area contributed by atoms with E-state index in [9.17, 15) is 9.90 Å². The summed E-state index contributed by atoms with van der Waals surface area (Å²) in [6.45, 7) is 6.73. The summed E-state index contributed by atoms with van der Waals surface area (Å²) in [5.74, 6) is 1.16. The van der Waals surface area contributed by atoms with Crippen molar-refractivity contribution in [2.75, 3.05) is 6.54 Å². The lowest BCUT2D eigenvalue weighted by atomic mass is 9.95. The minimum absolute atomic E-state index is 0.00719. The van der Waals surface area contributed by atoms with E-state index in [1.165, 1.54) is 12.8 Å². The molecule has 1 aromatic rings. The number of pyridine rings is 1. The summed E-state index contributed by atoms with van der Waals surface area (Å²) in [5.41, 5.74) is 1.42. The maximum Gasteiger partial charge on any atom is 0.410 e. The van der Waals surface area contributed by atoms with Crippen LogP contribution < -0.4 is 0 Å². The zero-order valence-electron chi connectivity index (χ0n) is 13.5. The van der Waals surface area contributed by atoms with Crippen molar-refractivity contribution in [3.05, 3.63) is 23.4 Å². The van der Waals surface area contributed by atoms with Crippen LogP contribution in [0.4, 0.5) is 4.79 Å². The van der Waals surface area contributed by atoms with Crippen LogP contribution in [0.3, 0.4) is 0 Å². The molecule has 120 valence electrons. The molecular weight excluding hydrogens is 280 g/mol. The van der Waals surface area contributed by atoms with E-state index in [0.29, 0.717) is 24.9 Å². The zero-order valence-corrected chi connectivity index (χ0v) is 13.5. The number of hydrogen-bond donors (Lipinski definition) is 1. The fraction of sp³-hybridized carbons (Fsp3) is 0.647. The smallest absolute Gasteiger partial charge is 0.410 e. The van der Waals surface area contributed by atoms with E-state index >= 15 is 0 Å². The van der Waals surface area contributed by atoms with Gasteiger partial charge in [-0.1, -0.05) is 6.07 Å². The summed E-state index contributed by atoms with van der Waals surface area (Å²) in [6.07, 6.45) is 3.12. The second kappa shape index (κ2) is 5.45. The highest BCUT2D eigenvalue weighted by molar-refractivity contribution is 5.68. The molecule has 3 rings (SSSR count). The zero-order chi connectivity index (χ0) is 15.9. The van der Waals surface area contributed by atoms with Gasteiger partial charge in [-0.15, -0.1) is 0 Å². The first-order valence-corrected chi connectivity index (χ1v) is 7.97. The van der Waals surface area contributed by atoms with Gasteiger partial charge in [-0.2, -0.15) is 0 Å². The van der Waals surface area contributed by atoms with E-state index < -0.39 is 5.60 Å². The second-order valence-electron chi connectivity index (χ2n) is 7.44. The topological polar surface area (TPSA) is 62.7 Å². The van der Waals surface area contributed by atoms with Crippen LogP contribution in [0, 0.1) is 11.8 Å². The Morgan fingerprint density at radius 3 is 2.68 bits per heavy atom. The van der Waals surface area contributed by atoms with E-state index in [1.807, 2.05) is 26.8 Å². The minimum Gasteiger partial charge on any atom is -0.493 e. The molecule has 1 N–H and O–H groups in total. The van der Waals surface area contributed by atoms with E-state index in [-0.39, 0.29) is 12.0 Å². The highest BCUT2D eigenvalue weighted by Crippen LogP contribution is 2.40. The number of fused-ring (bicyclic) bond motifs is 1. The molecular formula is C17H24N2O3. The van der Waals surface area contributed by atoms with Gasteiger partial charge in [0.05, 0.1) is 12.2 Å². The molecule has 1 aliphatic heterocycles. The molecule has 0 radical (unpaired) electrons. The summed E-state index contributed by atoms with van der Waals surface area (Å²) in [6, 6.07) is 3.57. The maximum absolute atomic E-state index is 12.5. The Balaban J connectivity index is 1.85. The van der Waals surface area contributed by atoms with Crippen LogP contribution in [0.1, 0.15) is 44.9 Å². The van der Waals surface area contributed by atoms with Gasteiger partial charge < -0.3 is 14.7 Å². The second-order valence-corrected chi connectivity index (χ2v) is 7.44. The van der Waals surface area contributed by atoms with Gasteiger partial charge in [0.1, 0.15) is 5.60 Å². The van der Waals surface area contributed by atoms with Crippen molar-refractivity contribution < 1.29 is 14.6 Å². The molecule has 1 fully saturated rings. The number of ether oxygens (including phenoxy) is 1. The molecule has 22 heavy (non-hydrogen) atoms. The Morgan fingerprint density at radius 1 is 1.32 bits per heavy atom. The maximum atomic E-state index is 12.5. The average molecular weight is 304 g/mol. The van der Waals surface area contributed by atoms with Crippen LogP contribution in [0.2, 0.25) is 0 Å². The monoisotopic (exact) mass is 304 g/mol. The van der Waals surface area contributed by atoms with E-state index in [1.54, 1.807) is 11.0 Å². The van der Waals surface area contributed by atoms with Crippen LogP contribution >= 0.6 is 0 Å². The number of carbonyl (C=O) groups is 1. The molecule has 0 aromatic carbocycles. The summed E-state index contributed by atoms with van der Waals surface area (Å²) in [7, 11) is 0. The molecule has 2 heterocycles. The minimum atomic E-state index is -0.506. The van der Waals surface area contributed by atoms with Gasteiger partial charge in [0.2, 0.25) is 5.88 Å². The highest BCUT2D eigenvalue weighted by atomic mass is 16.6. The first-order chi connectivity index (χ1) is 10.3. The fourth-order valence-corrected chi connectivity index (χ4v) is 3.07. The van der Waals surface area contributed by atoms with Gasteiger partial charge >= 0.3 is 6.09 Å². The van der Waals surface area contributed by atoms with Crippen molar-refractivity contribution in [2.24, 2.45) is 11.8 Å². The number of nitrogens with zero attached hydrogens (tertiary/aromatic N) is 2. The van der Waals surface area contributed by atoms with Crippen LogP contribution in [-0.4, -0.2) is 33.2 Å². The lowest BCUT2D eigenvalue weighted by Gasteiger charge is -2.28. The molecule has 5 heteroatoms. The third-order valence-electron chi connectivity index (χ3n) is 4.27. The predicted octanol–water partition coefficient (Wildman–Crippen LogP) is 3.11. The molecule has 1 unspecified atom stereocenters. The quantitative estimate of drug-likeness (QED) is 0.866. The van der Waals surface area contributed by atoms with Crippen LogP contribution in [0.15, 0.2) is 12.1 Å². The number of aromatic nitrogens is 1. The number of rotatable bonds is 1. The summed E-state index contributed by atoms with van der Waals surface area (Å²) in [5, 5.41) is 9.63. The Morgan fingerprint density at radius 2 is 2.05 bits per heavy atom. The molecule has 1 aromatic heterocycles. The fourth-order valence-electron chi connectivity index (χ4n) is 3.07. The summed E-state index contributed by atoms with van der Waals surface area (Å²) >= 11 is 0. The van der Waals surface area contributed by atoms with Crippen molar-refractivity contribution in [3.63, 3.8) is 0 Å². The molecule has 5 nitrogen and oxygen atoms in total. The average Bonchev–Trinajstić information content (AvgIpc) is 3.21. The molecule has 0 saturated heterocycles. The lowest BCUT2D eigenvalue weighted by Crippen LogP contribution is -2.38. The number of amides is 1. The molecule has 1 amide bonds. The van der Waals surface area contributed by atoms with Crippen molar-refractivity contribution in [1.82, 2.24) is 9.88 Å². The van der Waals surface area contributed by atoms with Gasteiger partial charge in [-0.3, -0.25) is 0 Å². The predicted molar refractivity (Wildman–Crippen MR) is 82.5 cm³/mol. The lowest BCUT2D eigenvalue weighted by molar-refractivity contribution is 0.0202. The Bertz CT molecular complexity index is 576. The summed E-state index contributed by atoms with van der Waals surface area (Å²) < 4.78 is 5.52. The van der Waals surface area contributed by atoms with Crippen molar-refractivity contribution >= 4 is 6.09 Å². The standard InChI is InChI=1S/C17H24N2O3/c1-17(2,3)22-16(21)19-9-13(11-4-5-11)8-12-6-7-15(20)18-14(12)10-19/h6-7,11,13H,4-5,8-10H2,1-3H3,(H,18,20). The molecule has 2 aliphatic rings. The van der Waals surface area contributed by atoms with E-state index in [0.717, 1.165) is 17.7 Å². The molecule has 0 bridgehead atoms. The van der Waals surface area contributed by atoms with Crippen LogP contribution in [0.25, 0.3) is 0 Å². The highest BCUT2D eigenvalue weighted by Gasteiger charge is 2.37. The van der Waals surface area contributed by atoms with Gasteiger partial charge in [0, 0.05) is 12.6 Å². The van der Waals surface area contributed by atoms with Crippen molar-refractivity contribution in [3.8, 4) is 5.88 Å². The number of carbonyl (C=O) groups excluding carboxylic acids is 1. The third kappa shape index (κ3) is 3.51. The van der Waals surface area contributed by atoms with Gasteiger partial charge in [0.25, 0.3) is 0 Å². The first-order valence-electron chi connectivity index (χ1n) is 7.97. The van der Waals surface area contributed by atoms with Crippen LogP contribution in [0.5, 0.6) is 5.88 Å². The van der Waals surface area contributed by atoms with E-state index in [2.05, 4.69) is 4.98 Å². The molecule has 1 saturated carbocycles. The van der Waals surface area contributed by atoms with Gasteiger partial charge in [0.15, 0.2) is 0 Å². The molecule has 1 aliphatic carbocycles. The van der Waals surface area contributed by atoms with E-state index in [4.69, 9.17) is 4.74 Å². The normalized spacial score (nSPS) is 22.0. The summed E-state index contributed by atoms with van der Waals surface area (Å²) in [4.78, 5) is 18.4.